The highest BCUT2D eigenvalue weighted by Crippen LogP contribution is 2.27. The summed E-state index contributed by atoms with van der Waals surface area (Å²) < 4.78 is 34.3. The molecule has 0 fully saturated rings. The van der Waals surface area contributed by atoms with Crippen molar-refractivity contribution in [2.24, 2.45) is 0 Å². The third kappa shape index (κ3) is 5.33. The Morgan fingerprint density at radius 1 is 1.06 bits per heavy atom. The SMILES string of the molecule is O=C(Nc1ncn(Cc2ccc(F)cc2)n1)c1ccn(COc2cc(F)ccc2[N+](=O)[O-])n1. The van der Waals surface area contributed by atoms with E-state index in [1.54, 1.807) is 12.1 Å². The number of amides is 1. The van der Waals surface area contributed by atoms with Gasteiger partial charge in [-0.1, -0.05) is 12.1 Å². The van der Waals surface area contributed by atoms with E-state index in [1.165, 1.54) is 40.1 Å². The molecule has 0 unspecified atom stereocenters. The lowest BCUT2D eigenvalue weighted by atomic mass is 10.2. The van der Waals surface area contributed by atoms with Gasteiger partial charge < -0.3 is 4.74 Å². The van der Waals surface area contributed by atoms with E-state index in [0.29, 0.717) is 6.54 Å². The van der Waals surface area contributed by atoms with Gasteiger partial charge in [0, 0.05) is 18.3 Å². The van der Waals surface area contributed by atoms with Crippen molar-refractivity contribution >= 4 is 17.5 Å². The van der Waals surface area contributed by atoms with E-state index in [1.807, 2.05) is 0 Å². The third-order valence-electron chi connectivity index (χ3n) is 4.36. The summed E-state index contributed by atoms with van der Waals surface area (Å²) in [6.07, 6.45) is 2.83. The topological polar surface area (TPSA) is 130 Å². The number of carbonyl (C=O) groups excluding carboxylic acids is 1. The number of carbonyl (C=O) groups is 1. The van der Waals surface area contributed by atoms with Gasteiger partial charge in [0.1, 0.15) is 18.0 Å². The van der Waals surface area contributed by atoms with Gasteiger partial charge >= 0.3 is 5.69 Å². The first-order valence-corrected chi connectivity index (χ1v) is 9.43. The van der Waals surface area contributed by atoms with E-state index >= 15 is 0 Å². The van der Waals surface area contributed by atoms with Gasteiger partial charge in [0.2, 0.25) is 11.7 Å². The van der Waals surface area contributed by atoms with Crippen molar-refractivity contribution in [1.29, 1.82) is 0 Å². The highest BCUT2D eigenvalue weighted by Gasteiger charge is 2.17. The zero-order valence-electron chi connectivity index (χ0n) is 16.8. The first-order valence-electron chi connectivity index (χ1n) is 9.43. The molecular formula is C20H15F2N7O4. The zero-order valence-corrected chi connectivity index (χ0v) is 16.8. The van der Waals surface area contributed by atoms with Crippen molar-refractivity contribution < 1.29 is 23.2 Å². The van der Waals surface area contributed by atoms with Crippen LogP contribution >= 0.6 is 0 Å². The molecule has 1 amide bonds. The molecule has 0 aliphatic carbocycles. The molecule has 0 aliphatic heterocycles. The molecule has 2 aromatic heterocycles. The number of nitrogens with one attached hydrogen (secondary N) is 1. The molecule has 33 heavy (non-hydrogen) atoms. The number of nitrogens with zero attached hydrogens (tertiary/aromatic N) is 6. The number of aromatic nitrogens is 5. The van der Waals surface area contributed by atoms with Crippen LogP contribution < -0.4 is 10.1 Å². The van der Waals surface area contributed by atoms with Crippen LogP contribution in [0.15, 0.2) is 61.1 Å². The van der Waals surface area contributed by atoms with Gasteiger partial charge in [0.15, 0.2) is 12.4 Å². The van der Waals surface area contributed by atoms with E-state index in [4.69, 9.17) is 4.74 Å². The maximum Gasteiger partial charge on any atom is 0.311 e. The summed E-state index contributed by atoms with van der Waals surface area (Å²) in [6.45, 7) is 0.0451. The molecule has 2 heterocycles. The minimum absolute atomic E-state index is 0.0160. The number of anilines is 1. The quantitative estimate of drug-likeness (QED) is 0.319. The Kier molecular flexibility index (Phi) is 6.02. The molecule has 0 aliphatic rings. The lowest BCUT2D eigenvalue weighted by Crippen LogP contribution is -2.15. The van der Waals surface area contributed by atoms with Gasteiger partial charge in [-0.2, -0.15) is 5.10 Å². The van der Waals surface area contributed by atoms with Crippen LogP contribution in [0, 0.1) is 21.7 Å². The molecule has 4 aromatic rings. The van der Waals surface area contributed by atoms with Gasteiger partial charge in [-0.15, -0.1) is 5.10 Å². The number of nitro benzene ring substituents is 1. The fourth-order valence-electron chi connectivity index (χ4n) is 2.82. The van der Waals surface area contributed by atoms with Gasteiger partial charge in [-0.25, -0.2) is 23.1 Å². The number of nitro groups is 1. The van der Waals surface area contributed by atoms with Gasteiger partial charge in [-0.05, 0) is 29.8 Å². The van der Waals surface area contributed by atoms with E-state index in [0.717, 1.165) is 23.8 Å². The van der Waals surface area contributed by atoms with Gasteiger partial charge in [-0.3, -0.25) is 20.2 Å². The molecule has 168 valence electrons. The average molecular weight is 455 g/mol. The van der Waals surface area contributed by atoms with Gasteiger partial charge in [0.25, 0.3) is 5.91 Å². The fraction of sp³-hybridized carbons (Fsp3) is 0.100. The number of rotatable bonds is 8. The van der Waals surface area contributed by atoms with Crippen molar-refractivity contribution in [1.82, 2.24) is 24.5 Å². The molecule has 13 heteroatoms. The van der Waals surface area contributed by atoms with E-state index < -0.39 is 22.3 Å². The number of ether oxygens (including phenoxy) is 1. The number of halogens is 2. The second-order valence-corrected chi connectivity index (χ2v) is 6.73. The highest BCUT2D eigenvalue weighted by atomic mass is 19.1. The fourth-order valence-corrected chi connectivity index (χ4v) is 2.82. The lowest BCUT2D eigenvalue weighted by Gasteiger charge is -2.06. The van der Waals surface area contributed by atoms with E-state index in [-0.39, 0.29) is 29.9 Å². The van der Waals surface area contributed by atoms with Crippen molar-refractivity contribution in [3.8, 4) is 5.75 Å². The van der Waals surface area contributed by atoms with Crippen LogP contribution in [0.1, 0.15) is 16.1 Å². The Labute approximate surface area is 184 Å². The lowest BCUT2D eigenvalue weighted by molar-refractivity contribution is -0.386. The summed E-state index contributed by atoms with van der Waals surface area (Å²) in [5.41, 5.74) is 0.419. The molecule has 0 spiro atoms. The first kappa shape index (κ1) is 21.5. The van der Waals surface area contributed by atoms with Crippen LogP contribution in [0.4, 0.5) is 20.4 Å². The summed E-state index contributed by atoms with van der Waals surface area (Å²) in [6, 6.07) is 10.1. The Bertz CT molecular complexity index is 1300. The number of hydrogen-bond acceptors (Lipinski definition) is 7. The standard InChI is InChI=1S/C20H15F2N7O4/c21-14-3-1-13(2-4-14)10-28-11-23-20(26-28)24-19(30)16-7-8-27(25-16)12-33-18-9-15(22)5-6-17(18)29(31)32/h1-9,11H,10,12H2,(H,24,26,30). The molecule has 0 atom stereocenters. The molecule has 0 bridgehead atoms. The summed E-state index contributed by atoms with van der Waals surface area (Å²) in [4.78, 5) is 26.7. The predicted octanol–water partition coefficient (Wildman–Crippen LogP) is 3.00. The van der Waals surface area contributed by atoms with Crippen LogP contribution in [0.3, 0.4) is 0 Å². The van der Waals surface area contributed by atoms with Crippen LogP contribution in [0.5, 0.6) is 5.75 Å². The van der Waals surface area contributed by atoms with Gasteiger partial charge in [0.05, 0.1) is 11.5 Å². The van der Waals surface area contributed by atoms with E-state index in [9.17, 15) is 23.7 Å². The molecule has 4 rings (SSSR count). The summed E-state index contributed by atoms with van der Waals surface area (Å²) in [5, 5.41) is 21.7. The Balaban J connectivity index is 1.36. The normalized spacial score (nSPS) is 10.7. The summed E-state index contributed by atoms with van der Waals surface area (Å²) >= 11 is 0. The summed E-state index contributed by atoms with van der Waals surface area (Å²) in [5.74, 6) is -1.85. The molecule has 0 saturated heterocycles. The molecule has 1 N–H and O–H groups in total. The molecule has 0 saturated carbocycles. The van der Waals surface area contributed by atoms with Crippen molar-refractivity contribution in [3.63, 3.8) is 0 Å². The van der Waals surface area contributed by atoms with Crippen molar-refractivity contribution in [2.45, 2.75) is 13.3 Å². The number of benzene rings is 2. The second-order valence-electron chi connectivity index (χ2n) is 6.73. The highest BCUT2D eigenvalue weighted by molar-refractivity contribution is 6.01. The minimum atomic E-state index is -0.695. The smallest absolute Gasteiger partial charge is 0.311 e. The average Bonchev–Trinajstić information content (AvgIpc) is 3.43. The maximum absolute atomic E-state index is 13.4. The Hall–Kier alpha value is -4.68. The van der Waals surface area contributed by atoms with Crippen molar-refractivity contribution in [2.75, 3.05) is 5.32 Å². The first-order chi connectivity index (χ1) is 15.9. The maximum atomic E-state index is 13.4. The van der Waals surface area contributed by atoms with Crippen LogP contribution in [0.2, 0.25) is 0 Å². The molecule has 0 radical (unpaired) electrons. The second kappa shape index (κ2) is 9.21. The van der Waals surface area contributed by atoms with Crippen LogP contribution in [0.25, 0.3) is 0 Å². The predicted molar refractivity (Wildman–Crippen MR) is 109 cm³/mol. The van der Waals surface area contributed by atoms with Crippen LogP contribution in [-0.2, 0) is 13.3 Å². The Morgan fingerprint density at radius 2 is 1.82 bits per heavy atom. The molecule has 11 nitrogen and oxygen atoms in total. The van der Waals surface area contributed by atoms with E-state index in [2.05, 4.69) is 20.5 Å². The zero-order chi connectivity index (χ0) is 23.4. The molecule has 2 aromatic carbocycles. The molecular weight excluding hydrogens is 440 g/mol. The number of hydrogen-bond donors (Lipinski definition) is 1. The van der Waals surface area contributed by atoms with Crippen molar-refractivity contribution in [3.05, 3.63) is 94.1 Å². The largest absolute Gasteiger partial charge is 0.464 e. The van der Waals surface area contributed by atoms with Crippen LogP contribution in [-0.4, -0.2) is 35.4 Å². The third-order valence-corrected chi connectivity index (χ3v) is 4.36. The Morgan fingerprint density at radius 3 is 2.58 bits per heavy atom. The minimum Gasteiger partial charge on any atom is -0.464 e. The summed E-state index contributed by atoms with van der Waals surface area (Å²) in [7, 11) is 0. The monoisotopic (exact) mass is 455 g/mol.